The van der Waals surface area contributed by atoms with Crippen LogP contribution in [0.1, 0.15) is 29.7 Å². The fourth-order valence-corrected chi connectivity index (χ4v) is 3.96. The van der Waals surface area contributed by atoms with Gasteiger partial charge in [-0.25, -0.2) is 9.07 Å². The summed E-state index contributed by atoms with van der Waals surface area (Å²) in [6, 6.07) is 11.5. The Hall–Kier alpha value is -3.13. The Morgan fingerprint density at radius 1 is 1.17 bits per heavy atom. The Morgan fingerprint density at radius 2 is 1.90 bits per heavy atom. The predicted molar refractivity (Wildman–Crippen MR) is 117 cm³/mol. The number of rotatable bonds is 4. The molecule has 0 saturated heterocycles. The van der Waals surface area contributed by atoms with Crippen LogP contribution in [0.15, 0.2) is 58.9 Å². The summed E-state index contributed by atoms with van der Waals surface area (Å²) in [4.78, 5) is 17.9. The quantitative estimate of drug-likeness (QED) is 0.596. The number of halogens is 1. The lowest BCUT2D eigenvalue weighted by Gasteiger charge is -2.28. The largest absolute Gasteiger partial charge is 0.328 e. The lowest BCUT2D eigenvalue weighted by molar-refractivity contribution is -0.113. The Labute approximate surface area is 178 Å². The van der Waals surface area contributed by atoms with Crippen molar-refractivity contribution in [2.75, 3.05) is 16.9 Å². The fourth-order valence-electron chi connectivity index (χ4n) is 3.61. The molecule has 0 aliphatic carbocycles. The molecule has 2 aromatic carbocycles. The zero-order valence-electron chi connectivity index (χ0n) is 17.2. The molecule has 30 heavy (non-hydrogen) atoms. The van der Waals surface area contributed by atoms with E-state index in [2.05, 4.69) is 20.7 Å². The van der Waals surface area contributed by atoms with Crippen LogP contribution in [0.2, 0.25) is 0 Å². The molecule has 1 aromatic heterocycles. The molecule has 1 aliphatic rings. The number of nitrogens with one attached hydrogen (secondary N) is 2. The number of amides is 1. The SMILES string of the molecule is CSc1nc2n(n1)[C@@H](c1ccc(F)cc1)C(C(=O)Nc1ccc(C)cc1C)=C(C)N2. The van der Waals surface area contributed by atoms with Gasteiger partial charge in [0.15, 0.2) is 0 Å². The number of nitrogens with zero attached hydrogens (tertiary/aromatic N) is 3. The maximum atomic E-state index is 13.6. The topological polar surface area (TPSA) is 71.8 Å². The monoisotopic (exact) mass is 423 g/mol. The van der Waals surface area contributed by atoms with Crippen LogP contribution in [0.4, 0.5) is 16.0 Å². The number of aryl methyl sites for hydroxylation is 2. The molecule has 0 bridgehead atoms. The summed E-state index contributed by atoms with van der Waals surface area (Å²) < 4.78 is 15.2. The van der Waals surface area contributed by atoms with Crippen molar-refractivity contribution in [3.05, 3.63) is 76.2 Å². The third kappa shape index (κ3) is 3.70. The molecule has 0 spiro atoms. The maximum Gasteiger partial charge on any atom is 0.255 e. The molecular weight excluding hydrogens is 401 g/mol. The van der Waals surface area contributed by atoms with Gasteiger partial charge in [-0.05, 0) is 56.4 Å². The summed E-state index contributed by atoms with van der Waals surface area (Å²) in [5.41, 5.74) is 4.79. The number of carbonyl (C=O) groups excluding carboxylic acids is 1. The number of aromatic nitrogens is 3. The number of hydrogen-bond acceptors (Lipinski definition) is 5. The lowest BCUT2D eigenvalue weighted by atomic mass is 9.95. The number of fused-ring (bicyclic) bond motifs is 1. The molecular formula is C22H22FN5OS. The van der Waals surface area contributed by atoms with Crippen LogP contribution >= 0.6 is 11.8 Å². The highest BCUT2D eigenvalue weighted by molar-refractivity contribution is 7.98. The minimum Gasteiger partial charge on any atom is -0.328 e. The van der Waals surface area contributed by atoms with Gasteiger partial charge in [-0.15, -0.1) is 5.10 Å². The summed E-state index contributed by atoms with van der Waals surface area (Å²) in [6.07, 6.45) is 1.89. The van der Waals surface area contributed by atoms with Crippen LogP contribution < -0.4 is 10.6 Å². The number of anilines is 2. The van der Waals surface area contributed by atoms with Crippen LogP contribution in [0, 0.1) is 19.7 Å². The van der Waals surface area contributed by atoms with Gasteiger partial charge in [0.05, 0.1) is 5.57 Å². The molecule has 4 rings (SSSR count). The fraction of sp³-hybridized carbons (Fsp3) is 0.227. The van der Waals surface area contributed by atoms with Crippen LogP contribution in [-0.2, 0) is 4.79 Å². The molecule has 1 aliphatic heterocycles. The minimum absolute atomic E-state index is 0.242. The number of allylic oxidation sites excluding steroid dienone is 1. The van der Waals surface area contributed by atoms with E-state index in [-0.39, 0.29) is 11.7 Å². The van der Waals surface area contributed by atoms with Gasteiger partial charge in [0.1, 0.15) is 11.9 Å². The van der Waals surface area contributed by atoms with Gasteiger partial charge in [0, 0.05) is 11.4 Å². The van der Waals surface area contributed by atoms with Gasteiger partial charge in [0.25, 0.3) is 5.91 Å². The highest BCUT2D eigenvalue weighted by Gasteiger charge is 2.34. The van der Waals surface area contributed by atoms with Gasteiger partial charge >= 0.3 is 0 Å². The lowest BCUT2D eigenvalue weighted by Crippen LogP contribution is -2.31. The molecule has 0 fully saturated rings. The van der Waals surface area contributed by atoms with Gasteiger partial charge < -0.3 is 10.6 Å². The van der Waals surface area contributed by atoms with Crippen molar-refractivity contribution in [2.45, 2.75) is 32.0 Å². The van der Waals surface area contributed by atoms with Crippen molar-refractivity contribution in [1.82, 2.24) is 14.8 Å². The second kappa shape index (κ2) is 7.95. The van der Waals surface area contributed by atoms with Crippen molar-refractivity contribution in [1.29, 1.82) is 0 Å². The summed E-state index contributed by atoms with van der Waals surface area (Å²) >= 11 is 1.42. The van der Waals surface area contributed by atoms with E-state index < -0.39 is 6.04 Å². The summed E-state index contributed by atoms with van der Waals surface area (Å²) in [5, 5.41) is 11.4. The van der Waals surface area contributed by atoms with Crippen LogP contribution in [0.3, 0.4) is 0 Å². The van der Waals surface area contributed by atoms with E-state index in [1.54, 1.807) is 16.8 Å². The zero-order valence-corrected chi connectivity index (χ0v) is 18.0. The number of carbonyl (C=O) groups is 1. The molecule has 0 radical (unpaired) electrons. The second-order valence-corrected chi connectivity index (χ2v) is 8.03. The van der Waals surface area contributed by atoms with E-state index in [1.807, 2.05) is 45.2 Å². The maximum absolute atomic E-state index is 13.6. The van der Waals surface area contributed by atoms with Crippen molar-refractivity contribution < 1.29 is 9.18 Å². The smallest absolute Gasteiger partial charge is 0.255 e. The summed E-state index contributed by atoms with van der Waals surface area (Å²) in [5.74, 6) is -0.0272. The van der Waals surface area contributed by atoms with Crippen molar-refractivity contribution in [3.63, 3.8) is 0 Å². The molecule has 8 heteroatoms. The van der Waals surface area contributed by atoms with E-state index in [9.17, 15) is 9.18 Å². The third-order valence-corrected chi connectivity index (χ3v) is 5.61. The third-order valence-electron chi connectivity index (χ3n) is 5.08. The normalized spacial score (nSPS) is 15.6. The molecule has 6 nitrogen and oxygen atoms in total. The Balaban J connectivity index is 1.78. The van der Waals surface area contributed by atoms with Gasteiger partial charge in [0.2, 0.25) is 11.1 Å². The average molecular weight is 424 g/mol. The van der Waals surface area contributed by atoms with E-state index in [4.69, 9.17) is 0 Å². The molecule has 154 valence electrons. The van der Waals surface area contributed by atoms with Gasteiger partial charge in [-0.3, -0.25) is 4.79 Å². The molecule has 2 N–H and O–H groups in total. The van der Waals surface area contributed by atoms with E-state index in [0.717, 1.165) is 22.4 Å². The highest BCUT2D eigenvalue weighted by Crippen LogP contribution is 2.36. The Kier molecular flexibility index (Phi) is 5.34. The van der Waals surface area contributed by atoms with E-state index >= 15 is 0 Å². The first-order valence-electron chi connectivity index (χ1n) is 9.49. The molecule has 0 unspecified atom stereocenters. The first-order valence-corrected chi connectivity index (χ1v) is 10.7. The number of hydrogen-bond donors (Lipinski definition) is 2. The van der Waals surface area contributed by atoms with Crippen LogP contribution in [0.5, 0.6) is 0 Å². The van der Waals surface area contributed by atoms with Crippen LogP contribution in [-0.4, -0.2) is 26.9 Å². The van der Waals surface area contributed by atoms with Crippen molar-refractivity contribution in [3.8, 4) is 0 Å². The Morgan fingerprint density at radius 3 is 2.57 bits per heavy atom. The minimum atomic E-state index is -0.527. The summed E-state index contributed by atoms with van der Waals surface area (Å²) in [6.45, 7) is 5.81. The number of thioether (sulfide) groups is 1. The molecule has 2 heterocycles. The first kappa shape index (κ1) is 20.2. The Bertz CT molecular complexity index is 1150. The second-order valence-electron chi connectivity index (χ2n) is 7.26. The van der Waals surface area contributed by atoms with Gasteiger partial charge in [-0.1, -0.05) is 41.6 Å². The molecule has 1 atom stereocenters. The van der Waals surface area contributed by atoms with Gasteiger partial charge in [-0.2, -0.15) is 4.98 Å². The van der Waals surface area contributed by atoms with E-state index in [1.165, 1.54) is 23.9 Å². The first-order chi connectivity index (χ1) is 14.4. The summed E-state index contributed by atoms with van der Waals surface area (Å²) in [7, 11) is 0. The van der Waals surface area contributed by atoms with Crippen molar-refractivity contribution in [2.24, 2.45) is 0 Å². The molecule has 1 amide bonds. The molecule has 0 saturated carbocycles. The predicted octanol–water partition coefficient (Wildman–Crippen LogP) is 4.68. The van der Waals surface area contributed by atoms with Crippen molar-refractivity contribution >= 4 is 29.3 Å². The van der Waals surface area contributed by atoms with E-state index in [0.29, 0.717) is 22.4 Å². The average Bonchev–Trinajstić information content (AvgIpc) is 3.12. The molecule has 3 aromatic rings. The standard InChI is InChI=1S/C22H22FN5OS/c1-12-5-10-17(13(2)11-12)25-20(29)18-14(3)24-21-26-22(30-4)27-28(21)19(18)15-6-8-16(23)9-7-15/h5-11,19H,1-4H3,(H,25,29)(H,24,26,27)/t19-/m0/s1. The van der Waals surface area contributed by atoms with Crippen LogP contribution in [0.25, 0.3) is 0 Å². The number of benzene rings is 2. The zero-order chi connectivity index (χ0) is 21.4. The highest BCUT2D eigenvalue weighted by atomic mass is 32.2.